The molecular formula is C19H32N2. The normalized spacial score (nSPS) is 21.4. The van der Waals surface area contributed by atoms with E-state index in [-0.39, 0.29) is 0 Å². The third-order valence-corrected chi connectivity index (χ3v) is 4.78. The fourth-order valence-corrected chi connectivity index (χ4v) is 3.77. The predicted molar refractivity (Wildman–Crippen MR) is 91.8 cm³/mol. The third-order valence-electron chi connectivity index (χ3n) is 4.78. The zero-order chi connectivity index (χ0) is 15.2. The summed E-state index contributed by atoms with van der Waals surface area (Å²) in [6.45, 7) is 9.12. The van der Waals surface area contributed by atoms with Gasteiger partial charge < -0.3 is 5.32 Å². The summed E-state index contributed by atoms with van der Waals surface area (Å²) in [5, 5.41) is 3.54. The molecule has 0 aliphatic carbocycles. The lowest BCUT2D eigenvalue weighted by molar-refractivity contribution is 0.126. The standard InChI is InChI=1S/C19H32N2/c1-5-8-18-9-6-7-10-21(18)14-19(20-4)17-12-15(2)11-16(3)13-17/h11-13,18-20H,5-10,14H2,1-4H3. The Morgan fingerprint density at radius 2 is 1.90 bits per heavy atom. The lowest BCUT2D eigenvalue weighted by Crippen LogP contribution is -2.43. The number of hydrogen-bond donors (Lipinski definition) is 1. The number of hydrogen-bond acceptors (Lipinski definition) is 2. The Morgan fingerprint density at radius 1 is 1.19 bits per heavy atom. The molecule has 0 saturated carbocycles. The zero-order valence-electron chi connectivity index (χ0n) is 14.3. The molecule has 21 heavy (non-hydrogen) atoms. The van der Waals surface area contributed by atoms with E-state index >= 15 is 0 Å². The summed E-state index contributed by atoms with van der Waals surface area (Å²) in [5.74, 6) is 0. The van der Waals surface area contributed by atoms with Crippen LogP contribution in [0.4, 0.5) is 0 Å². The van der Waals surface area contributed by atoms with Gasteiger partial charge in [0.25, 0.3) is 0 Å². The summed E-state index contributed by atoms with van der Waals surface area (Å²) in [6, 6.07) is 8.18. The molecule has 1 N–H and O–H groups in total. The van der Waals surface area contributed by atoms with E-state index in [2.05, 4.69) is 56.2 Å². The van der Waals surface area contributed by atoms with Gasteiger partial charge in [0.05, 0.1) is 0 Å². The number of likely N-dealkylation sites (tertiary alicyclic amines) is 1. The maximum Gasteiger partial charge on any atom is 0.0447 e. The van der Waals surface area contributed by atoms with Crippen molar-refractivity contribution in [1.29, 1.82) is 0 Å². The molecule has 1 heterocycles. The molecule has 0 spiro atoms. The number of likely N-dealkylation sites (N-methyl/N-ethyl adjacent to an activating group) is 1. The van der Waals surface area contributed by atoms with E-state index in [1.165, 1.54) is 55.3 Å². The average Bonchev–Trinajstić information content (AvgIpc) is 2.45. The van der Waals surface area contributed by atoms with Crippen molar-refractivity contribution in [2.75, 3.05) is 20.1 Å². The van der Waals surface area contributed by atoms with Gasteiger partial charge in [-0.2, -0.15) is 0 Å². The number of rotatable bonds is 6. The molecule has 2 heteroatoms. The fourth-order valence-electron chi connectivity index (χ4n) is 3.77. The molecule has 118 valence electrons. The van der Waals surface area contributed by atoms with E-state index in [0.29, 0.717) is 6.04 Å². The summed E-state index contributed by atoms with van der Waals surface area (Å²) in [6.07, 6.45) is 6.81. The van der Waals surface area contributed by atoms with E-state index in [9.17, 15) is 0 Å². The first-order valence-electron chi connectivity index (χ1n) is 8.63. The van der Waals surface area contributed by atoms with Gasteiger partial charge in [-0.05, 0) is 52.3 Å². The monoisotopic (exact) mass is 288 g/mol. The van der Waals surface area contributed by atoms with Crippen molar-refractivity contribution in [3.8, 4) is 0 Å². The van der Waals surface area contributed by atoms with Crippen molar-refractivity contribution in [3.05, 3.63) is 34.9 Å². The largest absolute Gasteiger partial charge is 0.312 e. The van der Waals surface area contributed by atoms with E-state index < -0.39 is 0 Å². The Morgan fingerprint density at radius 3 is 2.52 bits per heavy atom. The lowest BCUT2D eigenvalue weighted by Gasteiger charge is -2.38. The minimum Gasteiger partial charge on any atom is -0.312 e. The van der Waals surface area contributed by atoms with Gasteiger partial charge in [-0.15, -0.1) is 0 Å². The molecule has 0 amide bonds. The predicted octanol–water partition coefficient (Wildman–Crippen LogP) is 4.22. The Balaban J connectivity index is 2.09. The minimum atomic E-state index is 0.445. The van der Waals surface area contributed by atoms with Crippen molar-refractivity contribution in [2.24, 2.45) is 0 Å². The number of piperidine rings is 1. The van der Waals surface area contributed by atoms with Gasteiger partial charge in [-0.3, -0.25) is 4.90 Å². The molecule has 1 aromatic carbocycles. The molecule has 2 atom stereocenters. The maximum absolute atomic E-state index is 3.54. The van der Waals surface area contributed by atoms with Crippen molar-refractivity contribution in [2.45, 2.75) is 65.0 Å². The van der Waals surface area contributed by atoms with Crippen LogP contribution in [0.25, 0.3) is 0 Å². The van der Waals surface area contributed by atoms with Gasteiger partial charge >= 0.3 is 0 Å². The molecule has 1 aliphatic rings. The highest BCUT2D eigenvalue weighted by atomic mass is 15.2. The van der Waals surface area contributed by atoms with E-state index in [1.807, 2.05) is 0 Å². The number of benzene rings is 1. The first kappa shape index (κ1) is 16.5. The molecule has 0 bridgehead atoms. The van der Waals surface area contributed by atoms with Crippen LogP contribution in [-0.2, 0) is 0 Å². The molecule has 2 unspecified atom stereocenters. The first-order chi connectivity index (χ1) is 10.1. The summed E-state index contributed by atoms with van der Waals surface area (Å²) in [5.41, 5.74) is 4.18. The highest BCUT2D eigenvalue weighted by molar-refractivity contribution is 5.31. The Bertz CT molecular complexity index is 419. The van der Waals surface area contributed by atoms with Crippen LogP contribution in [0.3, 0.4) is 0 Å². The number of nitrogens with zero attached hydrogens (tertiary/aromatic N) is 1. The van der Waals surface area contributed by atoms with Crippen molar-refractivity contribution in [3.63, 3.8) is 0 Å². The van der Waals surface area contributed by atoms with Gasteiger partial charge in [0.1, 0.15) is 0 Å². The van der Waals surface area contributed by atoms with Gasteiger partial charge in [0.2, 0.25) is 0 Å². The van der Waals surface area contributed by atoms with Gasteiger partial charge in [-0.1, -0.05) is 49.1 Å². The van der Waals surface area contributed by atoms with Crippen LogP contribution in [0, 0.1) is 13.8 Å². The molecule has 2 rings (SSSR count). The topological polar surface area (TPSA) is 15.3 Å². The SMILES string of the molecule is CCCC1CCCCN1CC(NC)c1cc(C)cc(C)c1. The molecule has 1 aliphatic heterocycles. The molecule has 1 saturated heterocycles. The summed E-state index contributed by atoms with van der Waals surface area (Å²) in [4.78, 5) is 2.73. The van der Waals surface area contributed by atoms with Crippen molar-refractivity contribution in [1.82, 2.24) is 10.2 Å². The van der Waals surface area contributed by atoms with Crippen LogP contribution in [0.1, 0.15) is 61.8 Å². The van der Waals surface area contributed by atoms with E-state index in [4.69, 9.17) is 0 Å². The number of aryl methyl sites for hydroxylation is 2. The lowest BCUT2D eigenvalue weighted by atomic mass is 9.95. The van der Waals surface area contributed by atoms with Crippen molar-refractivity contribution >= 4 is 0 Å². The smallest absolute Gasteiger partial charge is 0.0447 e. The molecule has 2 nitrogen and oxygen atoms in total. The first-order valence-corrected chi connectivity index (χ1v) is 8.63. The van der Waals surface area contributed by atoms with Crippen LogP contribution in [0.5, 0.6) is 0 Å². The van der Waals surface area contributed by atoms with Crippen LogP contribution in [0.2, 0.25) is 0 Å². The highest BCUT2D eigenvalue weighted by Gasteiger charge is 2.24. The van der Waals surface area contributed by atoms with Crippen LogP contribution < -0.4 is 5.32 Å². The van der Waals surface area contributed by atoms with Crippen LogP contribution >= 0.6 is 0 Å². The second kappa shape index (κ2) is 7.95. The molecule has 0 aromatic heterocycles. The Labute approximate surface area is 130 Å². The van der Waals surface area contributed by atoms with Crippen LogP contribution in [-0.4, -0.2) is 31.1 Å². The zero-order valence-corrected chi connectivity index (χ0v) is 14.3. The van der Waals surface area contributed by atoms with Crippen molar-refractivity contribution < 1.29 is 0 Å². The van der Waals surface area contributed by atoms with E-state index in [0.717, 1.165) is 12.6 Å². The minimum absolute atomic E-state index is 0.445. The highest BCUT2D eigenvalue weighted by Crippen LogP contribution is 2.25. The maximum atomic E-state index is 3.54. The molecule has 0 radical (unpaired) electrons. The summed E-state index contributed by atoms with van der Waals surface area (Å²) >= 11 is 0. The Hall–Kier alpha value is -0.860. The van der Waals surface area contributed by atoms with Gasteiger partial charge in [-0.25, -0.2) is 0 Å². The van der Waals surface area contributed by atoms with Gasteiger partial charge in [0.15, 0.2) is 0 Å². The molecule has 1 fully saturated rings. The summed E-state index contributed by atoms with van der Waals surface area (Å²) in [7, 11) is 2.10. The third kappa shape index (κ3) is 4.55. The van der Waals surface area contributed by atoms with E-state index in [1.54, 1.807) is 0 Å². The van der Waals surface area contributed by atoms with Gasteiger partial charge in [0, 0.05) is 18.6 Å². The second-order valence-corrected chi connectivity index (χ2v) is 6.70. The Kier molecular flexibility index (Phi) is 6.25. The second-order valence-electron chi connectivity index (χ2n) is 6.70. The number of nitrogens with one attached hydrogen (secondary N) is 1. The average molecular weight is 288 g/mol. The quantitative estimate of drug-likeness (QED) is 0.843. The van der Waals surface area contributed by atoms with Crippen LogP contribution in [0.15, 0.2) is 18.2 Å². The fraction of sp³-hybridized carbons (Fsp3) is 0.684. The molecule has 1 aromatic rings. The summed E-state index contributed by atoms with van der Waals surface area (Å²) < 4.78 is 0. The molecular weight excluding hydrogens is 256 g/mol.